The van der Waals surface area contributed by atoms with Crippen LogP contribution in [0.15, 0.2) is 24.3 Å². The molecule has 0 radical (unpaired) electrons. The van der Waals surface area contributed by atoms with Crippen molar-refractivity contribution in [2.75, 3.05) is 32.1 Å². The normalized spacial score (nSPS) is 22.2. The number of methoxy groups -OCH3 is 1. The predicted molar refractivity (Wildman–Crippen MR) is 76.5 cm³/mol. The summed E-state index contributed by atoms with van der Waals surface area (Å²) in [5, 5.41) is 3.31. The Morgan fingerprint density at radius 1 is 1.33 bits per heavy atom. The van der Waals surface area contributed by atoms with Crippen molar-refractivity contribution in [3.63, 3.8) is 0 Å². The van der Waals surface area contributed by atoms with Gasteiger partial charge >= 0.3 is 0 Å². The summed E-state index contributed by atoms with van der Waals surface area (Å²) >= 11 is 0. The Hall–Kier alpha value is -1.22. The average Bonchev–Trinajstić information content (AvgIpc) is 2.66. The van der Waals surface area contributed by atoms with Crippen LogP contribution in [0.1, 0.15) is 20.3 Å². The van der Waals surface area contributed by atoms with Crippen molar-refractivity contribution >= 4 is 5.69 Å². The van der Waals surface area contributed by atoms with E-state index in [0.717, 1.165) is 18.8 Å². The van der Waals surface area contributed by atoms with Crippen LogP contribution in [-0.2, 0) is 0 Å². The molecule has 0 aliphatic carbocycles. The first-order valence-corrected chi connectivity index (χ1v) is 6.66. The molecule has 1 aromatic rings. The number of nitrogens with zero attached hydrogens (tertiary/aromatic N) is 1. The maximum Gasteiger partial charge on any atom is 0.119 e. The van der Waals surface area contributed by atoms with Crippen molar-refractivity contribution in [2.24, 2.45) is 5.92 Å². The molecule has 1 N–H and O–H groups in total. The van der Waals surface area contributed by atoms with Gasteiger partial charge in [0, 0.05) is 17.8 Å². The molecule has 1 saturated heterocycles. The SMILES string of the molecule is CNCC1CCN(c2ccc(OC)cc2)C1(C)C. The molecule has 3 nitrogen and oxygen atoms in total. The highest BCUT2D eigenvalue weighted by Crippen LogP contribution is 2.38. The third kappa shape index (κ3) is 2.32. The molecule has 1 aliphatic rings. The molecule has 3 heteroatoms. The van der Waals surface area contributed by atoms with Gasteiger partial charge in [-0.2, -0.15) is 0 Å². The smallest absolute Gasteiger partial charge is 0.119 e. The van der Waals surface area contributed by atoms with Gasteiger partial charge in [-0.1, -0.05) is 0 Å². The Bertz CT molecular complexity index is 386. The molecule has 0 amide bonds. The summed E-state index contributed by atoms with van der Waals surface area (Å²) in [6, 6.07) is 8.39. The van der Waals surface area contributed by atoms with Crippen molar-refractivity contribution in [2.45, 2.75) is 25.8 Å². The van der Waals surface area contributed by atoms with E-state index in [1.165, 1.54) is 12.1 Å². The molecule has 100 valence electrons. The van der Waals surface area contributed by atoms with E-state index in [0.29, 0.717) is 5.92 Å². The maximum atomic E-state index is 5.21. The summed E-state index contributed by atoms with van der Waals surface area (Å²) in [5.74, 6) is 1.62. The fourth-order valence-electron chi connectivity index (χ4n) is 2.97. The third-order valence-corrected chi connectivity index (χ3v) is 4.23. The van der Waals surface area contributed by atoms with E-state index in [-0.39, 0.29) is 5.54 Å². The van der Waals surface area contributed by atoms with E-state index >= 15 is 0 Å². The topological polar surface area (TPSA) is 24.5 Å². The van der Waals surface area contributed by atoms with Crippen molar-refractivity contribution in [3.05, 3.63) is 24.3 Å². The van der Waals surface area contributed by atoms with Crippen molar-refractivity contribution in [1.29, 1.82) is 0 Å². The second-order valence-corrected chi connectivity index (χ2v) is 5.55. The van der Waals surface area contributed by atoms with Gasteiger partial charge in [0.1, 0.15) is 5.75 Å². The highest BCUT2D eigenvalue weighted by Gasteiger charge is 2.40. The third-order valence-electron chi connectivity index (χ3n) is 4.23. The fraction of sp³-hybridized carbons (Fsp3) is 0.600. The van der Waals surface area contributed by atoms with E-state index in [9.17, 15) is 0 Å². The van der Waals surface area contributed by atoms with Gasteiger partial charge in [0.05, 0.1) is 7.11 Å². The number of hydrogen-bond acceptors (Lipinski definition) is 3. The van der Waals surface area contributed by atoms with Crippen LogP contribution in [-0.4, -0.2) is 32.8 Å². The Morgan fingerprint density at radius 3 is 2.56 bits per heavy atom. The van der Waals surface area contributed by atoms with E-state index in [1.54, 1.807) is 7.11 Å². The number of ether oxygens (including phenoxy) is 1. The van der Waals surface area contributed by atoms with Crippen LogP contribution < -0.4 is 15.0 Å². The van der Waals surface area contributed by atoms with E-state index < -0.39 is 0 Å². The fourth-order valence-corrected chi connectivity index (χ4v) is 2.97. The second kappa shape index (κ2) is 5.19. The molecule has 0 bridgehead atoms. The van der Waals surface area contributed by atoms with Gasteiger partial charge in [0.25, 0.3) is 0 Å². The van der Waals surface area contributed by atoms with Crippen LogP contribution in [0.5, 0.6) is 5.75 Å². The highest BCUT2D eigenvalue weighted by molar-refractivity contribution is 5.52. The van der Waals surface area contributed by atoms with Gasteiger partial charge < -0.3 is 15.0 Å². The molecular weight excluding hydrogens is 224 g/mol. The minimum Gasteiger partial charge on any atom is -0.497 e. The first-order valence-electron chi connectivity index (χ1n) is 6.66. The summed E-state index contributed by atoms with van der Waals surface area (Å²) in [6.07, 6.45) is 1.25. The van der Waals surface area contributed by atoms with E-state index in [1.807, 2.05) is 19.2 Å². The molecule has 0 aromatic heterocycles. The first kappa shape index (κ1) is 13.2. The molecule has 1 aliphatic heterocycles. The zero-order valence-electron chi connectivity index (χ0n) is 11.9. The summed E-state index contributed by atoms with van der Waals surface area (Å²) in [5.41, 5.74) is 1.50. The minimum atomic E-state index is 0.206. The van der Waals surface area contributed by atoms with Crippen molar-refractivity contribution in [3.8, 4) is 5.75 Å². The minimum absolute atomic E-state index is 0.206. The summed E-state index contributed by atoms with van der Waals surface area (Å²) in [7, 11) is 3.74. The Morgan fingerprint density at radius 2 is 2.00 bits per heavy atom. The molecule has 1 heterocycles. The monoisotopic (exact) mass is 248 g/mol. The highest BCUT2D eigenvalue weighted by atomic mass is 16.5. The Labute approximate surface area is 110 Å². The zero-order valence-corrected chi connectivity index (χ0v) is 11.9. The van der Waals surface area contributed by atoms with Crippen molar-refractivity contribution in [1.82, 2.24) is 5.32 Å². The zero-order chi connectivity index (χ0) is 13.2. The molecule has 0 spiro atoms. The molecule has 2 rings (SSSR count). The van der Waals surface area contributed by atoms with Gasteiger partial charge in [0.15, 0.2) is 0 Å². The van der Waals surface area contributed by atoms with Crippen LogP contribution >= 0.6 is 0 Å². The van der Waals surface area contributed by atoms with Crippen LogP contribution in [0.2, 0.25) is 0 Å². The standard InChI is InChI=1S/C15H24N2O/c1-15(2)12(11-16-3)9-10-17(15)13-5-7-14(18-4)8-6-13/h5-8,12,16H,9-11H2,1-4H3. The summed E-state index contributed by atoms with van der Waals surface area (Å²) in [4.78, 5) is 2.51. The first-order chi connectivity index (χ1) is 8.59. The van der Waals surface area contributed by atoms with Gasteiger partial charge in [-0.25, -0.2) is 0 Å². The molecule has 1 unspecified atom stereocenters. The van der Waals surface area contributed by atoms with E-state index in [2.05, 4.69) is 36.2 Å². The van der Waals surface area contributed by atoms with Crippen LogP contribution in [0.4, 0.5) is 5.69 Å². The number of anilines is 1. The predicted octanol–water partition coefficient (Wildman–Crippen LogP) is 2.52. The van der Waals surface area contributed by atoms with Crippen LogP contribution in [0, 0.1) is 5.92 Å². The van der Waals surface area contributed by atoms with Crippen LogP contribution in [0.3, 0.4) is 0 Å². The molecule has 0 saturated carbocycles. The van der Waals surface area contributed by atoms with Crippen LogP contribution in [0.25, 0.3) is 0 Å². The van der Waals surface area contributed by atoms with Gasteiger partial charge in [-0.15, -0.1) is 0 Å². The summed E-state index contributed by atoms with van der Waals surface area (Å²) < 4.78 is 5.21. The Kier molecular flexibility index (Phi) is 3.81. The lowest BCUT2D eigenvalue weighted by atomic mass is 9.88. The van der Waals surface area contributed by atoms with Crippen molar-refractivity contribution < 1.29 is 4.74 Å². The lowest BCUT2D eigenvalue weighted by Crippen LogP contribution is -2.45. The van der Waals surface area contributed by atoms with Gasteiger partial charge in [-0.05, 0) is 64.0 Å². The van der Waals surface area contributed by atoms with E-state index in [4.69, 9.17) is 4.74 Å². The second-order valence-electron chi connectivity index (χ2n) is 5.55. The largest absolute Gasteiger partial charge is 0.497 e. The number of hydrogen-bond donors (Lipinski definition) is 1. The molecular formula is C15H24N2O. The average molecular weight is 248 g/mol. The molecule has 1 atom stereocenters. The number of rotatable bonds is 4. The number of nitrogens with one attached hydrogen (secondary N) is 1. The number of benzene rings is 1. The maximum absolute atomic E-state index is 5.21. The lowest BCUT2D eigenvalue weighted by Gasteiger charge is -2.37. The molecule has 18 heavy (non-hydrogen) atoms. The Balaban J connectivity index is 2.18. The quantitative estimate of drug-likeness (QED) is 0.886. The lowest BCUT2D eigenvalue weighted by molar-refractivity contribution is 0.356. The summed E-state index contributed by atoms with van der Waals surface area (Å²) in [6.45, 7) is 6.89. The molecule has 1 fully saturated rings. The van der Waals surface area contributed by atoms with Gasteiger partial charge in [-0.3, -0.25) is 0 Å². The van der Waals surface area contributed by atoms with Gasteiger partial charge in [0.2, 0.25) is 0 Å². The molecule has 1 aromatic carbocycles.